The van der Waals surface area contributed by atoms with E-state index in [0.29, 0.717) is 23.8 Å². The lowest BCUT2D eigenvalue weighted by molar-refractivity contribution is 0.0694. The second-order valence-electron chi connectivity index (χ2n) is 5.51. The Hall–Kier alpha value is -1.62. The first-order valence-electron chi connectivity index (χ1n) is 6.90. The van der Waals surface area contributed by atoms with Crippen LogP contribution in [-0.4, -0.2) is 40.2 Å². The van der Waals surface area contributed by atoms with Crippen molar-refractivity contribution in [1.29, 1.82) is 0 Å². The maximum Gasteiger partial charge on any atom is 0.337 e. The fourth-order valence-corrected chi connectivity index (χ4v) is 2.26. The van der Waals surface area contributed by atoms with Crippen molar-refractivity contribution in [2.24, 2.45) is 0 Å². The van der Waals surface area contributed by atoms with Gasteiger partial charge in [-0.1, -0.05) is 0 Å². The van der Waals surface area contributed by atoms with Crippen LogP contribution in [0.3, 0.4) is 0 Å². The van der Waals surface area contributed by atoms with E-state index in [2.05, 4.69) is 18.7 Å². The summed E-state index contributed by atoms with van der Waals surface area (Å²) in [4.78, 5) is 25.5. The molecule has 112 valence electrons. The Morgan fingerprint density at radius 3 is 2.50 bits per heavy atom. The van der Waals surface area contributed by atoms with Gasteiger partial charge in [-0.05, 0) is 53.3 Å². The standard InChI is InChI=1S/C15H24N2O3/c1-10(2)16(5)7-6-8-17-12(4)14(15(19)20)11(3)9-13(17)18/h9-10H,6-8H2,1-5H3,(H,19,20). The first kappa shape index (κ1) is 16.4. The van der Waals surface area contributed by atoms with Crippen molar-refractivity contribution >= 4 is 5.97 Å². The minimum Gasteiger partial charge on any atom is -0.478 e. The summed E-state index contributed by atoms with van der Waals surface area (Å²) in [5.74, 6) is -0.979. The van der Waals surface area contributed by atoms with Crippen molar-refractivity contribution in [3.8, 4) is 0 Å². The van der Waals surface area contributed by atoms with E-state index < -0.39 is 5.97 Å². The first-order chi connectivity index (χ1) is 9.25. The lowest BCUT2D eigenvalue weighted by atomic mass is 10.1. The molecule has 0 atom stereocenters. The summed E-state index contributed by atoms with van der Waals surface area (Å²) >= 11 is 0. The minimum absolute atomic E-state index is 0.128. The molecule has 5 heteroatoms. The Balaban J connectivity index is 2.94. The molecule has 0 aromatic carbocycles. The molecule has 0 amide bonds. The second-order valence-corrected chi connectivity index (χ2v) is 5.51. The Labute approximate surface area is 119 Å². The Morgan fingerprint density at radius 2 is 2.00 bits per heavy atom. The maximum atomic E-state index is 12.0. The summed E-state index contributed by atoms with van der Waals surface area (Å²) in [6, 6.07) is 1.86. The lowest BCUT2D eigenvalue weighted by Gasteiger charge is -2.21. The molecule has 0 aliphatic rings. The number of carbonyl (C=O) groups is 1. The summed E-state index contributed by atoms with van der Waals surface area (Å²) in [7, 11) is 2.04. The molecular weight excluding hydrogens is 256 g/mol. The van der Waals surface area contributed by atoms with Crippen molar-refractivity contribution in [2.45, 2.75) is 46.7 Å². The average molecular weight is 280 g/mol. The van der Waals surface area contributed by atoms with E-state index >= 15 is 0 Å². The number of carboxylic acid groups (broad SMARTS) is 1. The zero-order valence-corrected chi connectivity index (χ0v) is 12.9. The first-order valence-corrected chi connectivity index (χ1v) is 6.90. The summed E-state index contributed by atoms with van der Waals surface area (Å²) in [6.07, 6.45) is 0.817. The number of hydrogen-bond donors (Lipinski definition) is 1. The van der Waals surface area contributed by atoms with Crippen LogP contribution in [0.2, 0.25) is 0 Å². The summed E-state index contributed by atoms with van der Waals surface area (Å²) in [5.41, 5.74) is 1.17. The molecule has 0 saturated carbocycles. The monoisotopic (exact) mass is 280 g/mol. The van der Waals surface area contributed by atoms with Crippen molar-refractivity contribution in [2.75, 3.05) is 13.6 Å². The number of pyridine rings is 1. The maximum absolute atomic E-state index is 12.0. The van der Waals surface area contributed by atoms with Gasteiger partial charge in [-0.2, -0.15) is 0 Å². The van der Waals surface area contributed by atoms with E-state index in [1.807, 2.05) is 7.05 Å². The number of aromatic nitrogens is 1. The highest BCUT2D eigenvalue weighted by molar-refractivity contribution is 5.90. The molecule has 0 aliphatic heterocycles. The molecule has 0 saturated heterocycles. The quantitative estimate of drug-likeness (QED) is 0.864. The number of aryl methyl sites for hydroxylation is 1. The van der Waals surface area contributed by atoms with Gasteiger partial charge < -0.3 is 14.6 Å². The fraction of sp³-hybridized carbons (Fsp3) is 0.600. The van der Waals surface area contributed by atoms with E-state index in [1.165, 1.54) is 6.07 Å². The lowest BCUT2D eigenvalue weighted by Crippen LogP contribution is -2.30. The van der Waals surface area contributed by atoms with Crippen molar-refractivity contribution in [3.63, 3.8) is 0 Å². The topological polar surface area (TPSA) is 62.5 Å². The number of hydrogen-bond acceptors (Lipinski definition) is 3. The minimum atomic E-state index is -0.979. The summed E-state index contributed by atoms with van der Waals surface area (Å²) in [6.45, 7) is 9.01. The molecule has 0 bridgehead atoms. The number of aromatic carboxylic acids is 1. The zero-order chi connectivity index (χ0) is 15.4. The molecule has 20 heavy (non-hydrogen) atoms. The SMILES string of the molecule is Cc1cc(=O)n(CCCN(C)C(C)C)c(C)c1C(=O)O. The molecule has 0 radical (unpaired) electrons. The van der Waals surface area contributed by atoms with Gasteiger partial charge in [0.25, 0.3) is 5.56 Å². The Morgan fingerprint density at radius 1 is 1.40 bits per heavy atom. The van der Waals surface area contributed by atoms with Crippen LogP contribution in [0.25, 0.3) is 0 Å². The summed E-state index contributed by atoms with van der Waals surface area (Å²) < 4.78 is 1.56. The molecule has 0 fully saturated rings. The molecule has 1 aromatic rings. The van der Waals surface area contributed by atoms with Gasteiger partial charge in [-0.15, -0.1) is 0 Å². The molecule has 0 unspecified atom stereocenters. The molecule has 1 N–H and O–H groups in total. The highest BCUT2D eigenvalue weighted by atomic mass is 16.4. The number of rotatable bonds is 6. The van der Waals surface area contributed by atoms with E-state index in [-0.39, 0.29) is 11.1 Å². The second kappa shape index (κ2) is 6.70. The Kier molecular flexibility index (Phi) is 5.51. The van der Waals surface area contributed by atoms with Crippen LogP contribution in [0.5, 0.6) is 0 Å². The highest BCUT2D eigenvalue weighted by Gasteiger charge is 2.15. The predicted molar refractivity (Wildman–Crippen MR) is 79.5 cm³/mol. The van der Waals surface area contributed by atoms with Gasteiger partial charge in [0.1, 0.15) is 0 Å². The van der Waals surface area contributed by atoms with Crippen molar-refractivity contribution < 1.29 is 9.90 Å². The average Bonchev–Trinajstić information content (AvgIpc) is 2.31. The Bertz CT molecular complexity index is 547. The van der Waals surface area contributed by atoms with Gasteiger partial charge in [0.05, 0.1) is 5.56 Å². The van der Waals surface area contributed by atoms with Gasteiger partial charge >= 0.3 is 5.97 Å². The van der Waals surface area contributed by atoms with Gasteiger partial charge in [-0.25, -0.2) is 4.79 Å². The highest BCUT2D eigenvalue weighted by Crippen LogP contribution is 2.11. The molecule has 1 aromatic heterocycles. The van der Waals surface area contributed by atoms with E-state index in [1.54, 1.807) is 18.4 Å². The normalized spacial score (nSPS) is 11.3. The number of carboxylic acids is 1. The van der Waals surface area contributed by atoms with Gasteiger partial charge in [0.15, 0.2) is 0 Å². The fourth-order valence-electron chi connectivity index (χ4n) is 2.26. The largest absolute Gasteiger partial charge is 0.478 e. The third-order valence-electron chi connectivity index (χ3n) is 3.75. The molecular formula is C15H24N2O3. The predicted octanol–water partition coefficient (Wildman–Crippen LogP) is 1.89. The van der Waals surface area contributed by atoms with Crippen LogP contribution in [0.4, 0.5) is 0 Å². The van der Waals surface area contributed by atoms with Gasteiger partial charge in [0.2, 0.25) is 0 Å². The number of nitrogens with zero attached hydrogens (tertiary/aromatic N) is 2. The molecule has 5 nitrogen and oxygen atoms in total. The van der Waals surface area contributed by atoms with E-state index in [9.17, 15) is 14.7 Å². The molecule has 0 spiro atoms. The zero-order valence-electron chi connectivity index (χ0n) is 12.9. The smallest absolute Gasteiger partial charge is 0.337 e. The summed E-state index contributed by atoms with van der Waals surface area (Å²) in [5, 5.41) is 9.22. The van der Waals surface area contributed by atoms with Gasteiger partial charge in [-0.3, -0.25) is 4.79 Å². The van der Waals surface area contributed by atoms with Crippen molar-refractivity contribution in [3.05, 3.63) is 33.2 Å². The van der Waals surface area contributed by atoms with E-state index in [4.69, 9.17) is 0 Å². The van der Waals surface area contributed by atoms with Gasteiger partial charge in [0, 0.05) is 24.3 Å². The van der Waals surface area contributed by atoms with Crippen molar-refractivity contribution in [1.82, 2.24) is 9.47 Å². The van der Waals surface area contributed by atoms with Crippen LogP contribution in [0.15, 0.2) is 10.9 Å². The molecule has 1 heterocycles. The third kappa shape index (κ3) is 3.70. The molecule has 1 rings (SSSR count). The molecule has 0 aliphatic carbocycles. The van der Waals surface area contributed by atoms with Crippen LogP contribution in [0.1, 0.15) is 41.9 Å². The van der Waals surface area contributed by atoms with Crippen LogP contribution in [0, 0.1) is 13.8 Å². The van der Waals surface area contributed by atoms with Crippen LogP contribution >= 0.6 is 0 Å². The van der Waals surface area contributed by atoms with Crippen LogP contribution < -0.4 is 5.56 Å². The van der Waals surface area contributed by atoms with E-state index in [0.717, 1.165) is 13.0 Å². The van der Waals surface area contributed by atoms with Crippen LogP contribution in [-0.2, 0) is 6.54 Å². The third-order valence-corrected chi connectivity index (χ3v) is 3.75.